The number of hydrogen-bond donors (Lipinski definition) is 1. The predicted molar refractivity (Wildman–Crippen MR) is 73.6 cm³/mol. The number of ether oxygens (including phenoxy) is 2. The van der Waals surface area contributed by atoms with Crippen LogP contribution in [0.15, 0.2) is 6.07 Å². The third-order valence-corrected chi connectivity index (χ3v) is 4.34. The van der Waals surface area contributed by atoms with Gasteiger partial charge in [-0.05, 0) is 37.0 Å². The molecule has 100 valence electrons. The highest BCUT2D eigenvalue weighted by Gasteiger charge is 2.34. The van der Waals surface area contributed by atoms with Gasteiger partial charge in [-0.15, -0.1) is 0 Å². The molecule has 0 aromatic heterocycles. The van der Waals surface area contributed by atoms with E-state index in [1.54, 1.807) is 14.2 Å². The van der Waals surface area contributed by atoms with E-state index in [4.69, 9.17) is 26.8 Å². The van der Waals surface area contributed by atoms with E-state index in [1.165, 1.54) is 12.8 Å². The second-order valence-electron chi connectivity index (χ2n) is 4.96. The fourth-order valence-electron chi connectivity index (χ4n) is 2.84. The standard InChI is InChI=1S/C14H20ClNO2/c1-9-10(14(16)6-4-5-7-14)8-11(17-2)13(18-3)12(9)15/h8H,4-7,16H2,1-3H3. The first-order chi connectivity index (χ1) is 8.53. The lowest BCUT2D eigenvalue weighted by Crippen LogP contribution is -2.34. The van der Waals surface area contributed by atoms with Crippen LogP contribution in [0.3, 0.4) is 0 Å². The van der Waals surface area contributed by atoms with E-state index in [0.717, 1.165) is 24.0 Å². The van der Waals surface area contributed by atoms with Crippen LogP contribution in [0.2, 0.25) is 5.02 Å². The van der Waals surface area contributed by atoms with Gasteiger partial charge in [-0.1, -0.05) is 24.4 Å². The van der Waals surface area contributed by atoms with Crippen molar-refractivity contribution in [2.45, 2.75) is 38.1 Å². The summed E-state index contributed by atoms with van der Waals surface area (Å²) in [5, 5.41) is 0.601. The summed E-state index contributed by atoms with van der Waals surface area (Å²) in [5.74, 6) is 1.24. The van der Waals surface area contributed by atoms with Crippen molar-refractivity contribution >= 4 is 11.6 Å². The molecule has 0 bridgehead atoms. The summed E-state index contributed by atoms with van der Waals surface area (Å²) in [5.41, 5.74) is 8.32. The Balaban J connectivity index is 2.58. The van der Waals surface area contributed by atoms with E-state index >= 15 is 0 Å². The zero-order valence-electron chi connectivity index (χ0n) is 11.2. The van der Waals surface area contributed by atoms with Gasteiger partial charge in [0, 0.05) is 5.54 Å². The highest BCUT2D eigenvalue weighted by atomic mass is 35.5. The van der Waals surface area contributed by atoms with Crippen LogP contribution in [-0.4, -0.2) is 14.2 Å². The van der Waals surface area contributed by atoms with Crippen molar-refractivity contribution in [3.8, 4) is 11.5 Å². The summed E-state index contributed by atoms with van der Waals surface area (Å²) in [4.78, 5) is 0. The zero-order valence-corrected chi connectivity index (χ0v) is 11.9. The first-order valence-corrected chi connectivity index (χ1v) is 6.61. The summed E-state index contributed by atoms with van der Waals surface area (Å²) >= 11 is 6.36. The molecule has 0 radical (unpaired) electrons. The molecule has 1 aromatic carbocycles. The van der Waals surface area contributed by atoms with Crippen molar-refractivity contribution in [2.24, 2.45) is 5.73 Å². The van der Waals surface area contributed by atoms with Crippen LogP contribution >= 0.6 is 11.6 Å². The lowest BCUT2D eigenvalue weighted by molar-refractivity contribution is 0.352. The molecule has 4 heteroatoms. The topological polar surface area (TPSA) is 44.5 Å². The molecule has 1 saturated carbocycles. The van der Waals surface area contributed by atoms with Gasteiger partial charge in [0.25, 0.3) is 0 Å². The van der Waals surface area contributed by atoms with Crippen LogP contribution < -0.4 is 15.2 Å². The van der Waals surface area contributed by atoms with Crippen molar-refractivity contribution in [1.82, 2.24) is 0 Å². The molecule has 1 aliphatic carbocycles. The van der Waals surface area contributed by atoms with Crippen LogP contribution in [0.1, 0.15) is 36.8 Å². The first-order valence-electron chi connectivity index (χ1n) is 6.24. The summed E-state index contributed by atoms with van der Waals surface area (Å²) in [6, 6.07) is 1.98. The SMILES string of the molecule is COc1cc(C2(N)CCCC2)c(C)c(Cl)c1OC. The van der Waals surface area contributed by atoms with E-state index < -0.39 is 0 Å². The quantitative estimate of drug-likeness (QED) is 0.915. The number of benzene rings is 1. The molecule has 18 heavy (non-hydrogen) atoms. The average Bonchev–Trinajstić information content (AvgIpc) is 2.80. The Morgan fingerprint density at radius 1 is 1.22 bits per heavy atom. The third kappa shape index (κ3) is 2.06. The Morgan fingerprint density at radius 3 is 2.33 bits per heavy atom. The van der Waals surface area contributed by atoms with E-state index in [2.05, 4.69) is 0 Å². The van der Waals surface area contributed by atoms with Crippen LogP contribution in [-0.2, 0) is 5.54 Å². The number of methoxy groups -OCH3 is 2. The van der Waals surface area contributed by atoms with E-state index in [1.807, 2.05) is 13.0 Å². The van der Waals surface area contributed by atoms with E-state index in [9.17, 15) is 0 Å². The highest BCUT2D eigenvalue weighted by Crippen LogP contribution is 2.45. The maximum atomic E-state index is 6.51. The molecular weight excluding hydrogens is 250 g/mol. The van der Waals surface area contributed by atoms with Crippen molar-refractivity contribution in [1.29, 1.82) is 0 Å². The molecule has 0 amide bonds. The normalized spacial score (nSPS) is 17.8. The third-order valence-electron chi connectivity index (χ3n) is 3.89. The zero-order chi connectivity index (χ0) is 13.3. The number of rotatable bonds is 3. The summed E-state index contributed by atoms with van der Waals surface area (Å²) in [6.07, 6.45) is 4.34. The van der Waals surface area contributed by atoms with Gasteiger partial charge < -0.3 is 15.2 Å². The molecule has 1 fully saturated rings. The maximum absolute atomic E-state index is 6.51. The van der Waals surface area contributed by atoms with Gasteiger partial charge in [0.1, 0.15) is 0 Å². The molecule has 3 nitrogen and oxygen atoms in total. The lowest BCUT2D eigenvalue weighted by Gasteiger charge is -2.28. The van der Waals surface area contributed by atoms with Gasteiger partial charge in [-0.3, -0.25) is 0 Å². The maximum Gasteiger partial charge on any atom is 0.179 e. The Bertz CT molecular complexity index is 454. The lowest BCUT2D eigenvalue weighted by atomic mass is 9.86. The number of halogens is 1. The molecule has 1 aromatic rings. The molecule has 0 aliphatic heterocycles. The minimum Gasteiger partial charge on any atom is -0.493 e. The van der Waals surface area contributed by atoms with Crippen molar-refractivity contribution in [3.05, 3.63) is 22.2 Å². The van der Waals surface area contributed by atoms with Gasteiger partial charge >= 0.3 is 0 Å². The van der Waals surface area contributed by atoms with E-state index in [0.29, 0.717) is 16.5 Å². The van der Waals surface area contributed by atoms with Crippen molar-refractivity contribution < 1.29 is 9.47 Å². The molecular formula is C14H20ClNO2. The minimum absolute atomic E-state index is 0.271. The summed E-state index contributed by atoms with van der Waals surface area (Å²) < 4.78 is 10.7. The fourth-order valence-corrected chi connectivity index (χ4v) is 3.11. The molecule has 1 aliphatic rings. The molecule has 2 N–H and O–H groups in total. The van der Waals surface area contributed by atoms with Crippen molar-refractivity contribution in [2.75, 3.05) is 14.2 Å². The van der Waals surface area contributed by atoms with Gasteiger partial charge in [0.2, 0.25) is 0 Å². The van der Waals surface area contributed by atoms with Gasteiger partial charge in [-0.2, -0.15) is 0 Å². The second-order valence-corrected chi connectivity index (χ2v) is 5.34. The first kappa shape index (κ1) is 13.5. The van der Waals surface area contributed by atoms with Gasteiger partial charge in [0.15, 0.2) is 11.5 Å². The summed E-state index contributed by atoms with van der Waals surface area (Å²) in [7, 11) is 3.21. The Morgan fingerprint density at radius 2 is 1.83 bits per heavy atom. The smallest absolute Gasteiger partial charge is 0.179 e. The monoisotopic (exact) mass is 269 g/mol. The van der Waals surface area contributed by atoms with Crippen LogP contribution in [0.25, 0.3) is 0 Å². The molecule has 0 spiro atoms. The number of hydrogen-bond acceptors (Lipinski definition) is 3. The molecule has 0 saturated heterocycles. The second kappa shape index (κ2) is 4.98. The van der Waals surface area contributed by atoms with Crippen LogP contribution in [0.5, 0.6) is 11.5 Å². The Kier molecular flexibility index (Phi) is 3.74. The fraction of sp³-hybridized carbons (Fsp3) is 0.571. The minimum atomic E-state index is -0.271. The predicted octanol–water partition coefficient (Wildman–Crippen LogP) is 3.39. The van der Waals surface area contributed by atoms with E-state index in [-0.39, 0.29) is 5.54 Å². The molecule has 0 heterocycles. The summed E-state index contributed by atoms with van der Waals surface area (Å²) in [6.45, 7) is 1.99. The molecule has 2 rings (SSSR count). The van der Waals surface area contributed by atoms with Gasteiger partial charge in [0.05, 0.1) is 19.2 Å². The Hall–Kier alpha value is -0.930. The largest absolute Gasteiger partial charge is 0.493 e. The van der Waals surface area contributed by atoms with Crippen LogP contribution in [0, 0.1) is 6.92 Å². The van der Waals surface area contributed by atoms with Gasteiger partial charge in [-0.25, -0.2) is 0 Å². The molecule has 0 atom stereocenters. The Labute approximate surface area is 113 Å². The number of nitrogens with two attached hydrogens (primary N) is 1. The van der Waals surface area contributed by atoms with Crippen LogP contribution in [0.4, 0.5) is 0 Å². The average molecular weight is 270 g/mol. The van der Waals surface area contributed by atoms with Crippen molar-refractivity contribution in [3.63, 3.8) is 0 Å². The highest BCUT2D eigenvalue weighted by molar-refractivity contribution is 6.33. The molecule has 0 unspecified atom stereocenters.